The number of ether oxygens (including phenoxy) is 1. The lowest BCUT2D eigenvalue weighted by Gasteiger charge is -2.07. The van der Waals surface area contributed by atoms with Crippen LogP contribution in [0.25, 0.3) is 10.2 Å². The molecule has 0 amide bonds. The highest BCUT2D eigenvalue weighted by molar-refractivity contribution is 7.20. The van der Waals surface area contributed by atoms with E-state index in [1.807, 2.05) is 0 Å². The van der Waals surface area contributed by atoms with Crippen LogP contribution in [0.15, 0.2) is 0 Å². The van der Waals surface area contributed by atoms with E-state index in [1.165, 1.54) is 18.4 Å². The first-order valence-electron chi connectivity index (χ1n) is 6.25. The molecule has 8 heteroatoms. The summed E-state index contributed by atoms with van der Waals surface area (Å²) in [5.74, 6) is -0.202. The lowest BCUT2D eigenvalue weighted by Crippen LogP contribution is -2.10. The zero-order valence-electron chi connectivity index (χ0n) is 11.9. The normalized spacial score (nSPS) is 10.6. The average molecular weight is 309 g/mol. The van der Waals surface area contributed by atoms with Crippen molar-refractivity contribution in [3.63, 3.8) is 0 Å². The van der Waals surface area contributed by atoms with Crippen LogP contribution >= 0.6 is 11.3 Å². The van der Waals surface area contributed by atoms with E-state index in [2.05, 4.69) is 15.3 Å². The van der Waals surface area contributed by atoms with E-state index in [4.69, 9.17) is 9.84 Å². The molecular weight excluding hydrogens is 294 g/mol. The molecule has 2 aromatic rings. The van der Waals surface area contributed by atoms with E-state index in [0.29, 0.717) is 21.3 Å². The predicted octanol–water partition coefficient (Wildman–Crippen LogP) is 1.98. The topological polar surface area (TPSA) is 101 Å². The number of carbonyl (C=O) groups is 2. The van der Waals surface area contributed by atoms with Crippen molar-refractivity contribution in [2.75, 3.05) is 19.0 Å². The van der Waals surface area contributed by atoms with E-state index in [0.717, 1.165) is 10.9 Å². The Balaban J connectivity index is 2.46. The van der Waals surface area contributed by atoms with Crippen LogP contribution in [0, 0.1) is 13.8 Å². The lowest BCUT2D eigenvalue weighted by molar-refractivity contribution is -0.136. The zero-order valence-corrected chi connectivity index (χ0v) is 12.7. The number of nitrogens with one attached hydrogen (secondary N) is 1. The summed E-state index contributed by atoms with van der Waals surface area (Å²) in [6.45, 7) is 3.80. The molecule has 0 bridgehead atoms. The molecule has 112 valence electrons. The van der Waals surface area contributed by atoms with Crippen molar-refractivity contribution in [2.45, 2.75) is 20.3 Å². The van der Waals surface area contributed by atoms with Gasteiger partial charge in [0.15, 0.2) is 0 Å². The van der Waals surface area contributed by atoms with Crippen LogP contribution in [0.5, 0.6) is 0 Å². The standard InChI is InChI=1S/C13H15N3O4S/c1-6-9-11(14-5-4-8(17)18)15-7(2)16-12(9)21-10(6)13(19)20-3/h4-5H2,1-3H3,(H,17,18)(H,14,15,16). The van der Waals surface area contributed by atoms with Crippen LogP contribution in [-0.4, -0.2) is 40.7 Å². The first-order valence-corrected chi connectivity index (χ1v) is 7.07. The third-order valence-corrected chi connectivity index (χ3v) is 4.07. The quantitative estimate of drug-likeness (QED) is 0.814. The second-order valence-corrected chi connectivity index (χ2v) is 5.42. The Morgan fingerprint density at radius 2 is 2.05 bits per heavy atom. The number of hydrogen-bond acceptors (Lipinski definition) is 7. The summed E-state index contributed by atoms with van der Waals surface area (Å²) in [5, 5.41) is 12.4. The molecule has 21 heavy (non-hydrogen) atoms. The smallest absolute Gasteiger partial charge is 0.348 e. The van der Waals surface area contributed by atoms with Crippen molar-refractivity contribution >= 4 is 39.3 Å². The lowest BCUT2D eigenvalue weighted by atomic mass is 10.2. The third-order valence-electron chi connectivity index (χ3n) is 2.90. The van der Waals surface area contributed by atoms with E-state index >= 15 is 0 Å². The van der Waals surface area contributed by atoms with Crippen LogP contribution < -0.4 is 5.32 Å². The molecule has 0 fully saturated rings. The number of carboxylic acids is 1. The fraction of sp³-hybridized carbons (Fsp3) is 0.385. The highest BCUT2D eigenvalue weighted by Crippen LogP contribution is 2.34. The van der Waals surface area contributed by atoms with E-state index in [1.54, 1.807) is 13.8 Å². The molecule has 0 saturated heterocycles. The van der Waals surface area contributed by atoms with Crippen LogP contribution in [0.1, 0.15) is 27.5 Å². The highest BCUT2D eigenvalue weighted by Gasteiger charge is 2.20. The number of fused-ring (bicyclic) bond motifs is 1. The summed E-state index contributed by atoms with van der Waals surface area (Å²) in [7, 11) is 1.33. The molecule has 2 N–H and O–H groups in total. The fourth-order valence-corrected chi connectivity index (χ4v) is 3.09. The molecule has 0 saturated carbocycles. The van der Waals surface area contributed by atoms with Gasteiger partial charge in [-0.05, 0) is 19.4 Å². The molecular formula is C13H15N3O4S. The molecule has 2 heterocycles. The number of carboxylic acid groups (broad SMARTS) is 1. The Kier molecular flexibility index (Phi) is 4.37. The Morgan fingerprint density at radius 1 is 1.33 bits per heavy atom. The summed E-state index contributed by atoms with van der Waals surface area (Å²) in [6.07, 6.45) is -0.0163. The first kappa shape index (κ1) is 15.2. The number of aryl methyl sites for hydroxylation is 2. The number of nitrogens with zero attached hydrogens (tertiary/aromatic N) is 2. The van der Waals surface area contributed by atoms with Gasteiger partial charge in [-0.1, -0.05) is 0 Å². The first-order chi connectivity index (χ1) is 9.93. The Bertz CT molecular complexity index is 711. The minimum Gasteiger partial charge on any atom is -0.481 e. The van der Waals surface area contributed by atoms with Crippen molar-refractivity contribution in [1.82, 2.24) is 9.97 Å². The molecule has 0 atom stereocenters. The minimum atomic E-state index is -0.887. The zero-order chi connectivity index (χ0) is 15.6. The van der Waals surface area contributed by atoms with Gasteiger partial charge in [0.25, 0.3) is 0 Å². The number of anilines is 1. The van der Waals surface area contributed by atoms with E-state index in [-0.39, 0.29) is 13.0 Å². The molecule has 0 radical (unpaired) electrons. The molecule has 2 aromatic heterocycles. The Morgan fingerprint density at radius 3 is 2.67 bits per heavy atom. The van der Waals surface area contributed by atoms with Gasteiger partial charge in [0.1, 0.15) is 21.3 Å². The summed E-state index contributed by atoms with van der Waals surface area (Å²) in [5.41, 5.74) is 0.736. The number of thiophene rings is 1. The highest BCUT2D eigenvalue weighted by atomic mass is 32.1. The van der Waals surface area contributed by atoms with Crippen molar-refractivity contribution in [2.24, 2.45) is 0 Å². The van der Waals surface area contributed by atoms with Gasteiger partial charge in [-0.25, -0.2) is 14.8 Å². The molecule has 0 aliphatic heterocycles. The molecule has 2 rings (SSSR count). The SMILES string of the molecule is COC(=O)c1sc2nc(C)nc(NCCC(=O)O)c2c1C. The minimum absolute atomic E-state index is 0.0163. The second-order valence-electron chi connectivity index (χ2n) is 4.42. The van der Waals surface area contributed by atoms with Gasteiger partial charge in [0.05, 0.1) is 18.9 Å². The largest absolute Gasteiger partial charge is 0.481 e. The second kappa shape index (κ2) is 6.04. The van der Waals surface area contributed by atoms with Gasteiger partial charge >= 0.3 is 11.9 Å². The molecule has 7 nitrogen and oxygen atoms in total. The number of rotatable bonds is 5. The maximum Gasteiger partial charge on any atom is 0.348 e. The number of aromatic nitrogens is 2. The maximum absolute atomic E-state index is 11.7. The van der Waals surface area contributed by atoms with Crippen molar-refractivity contribution in [1.29, 1.82) is 0 Å². The summed E-state index contributed by atoms with van der Waals surface area (Å²) >= 11 is 1.24. The Labute approximate surface area is 125 Å². The predicted molar refractivity (Wildman–Crippen MR) is 79.0 cm³/mol. The number of hydrogen-bond donors (Lipinski definition) is 2. The summed E-state index contributed by atoms with van der Waals surface area (Å²) in [4.78, 5) is 32.1. The molecule has 0 aliphatic rings. The number of aliphatic carboxylic acids is 1. The number of esters is 1. The molecule has 0 unspecified atom stereocenters. The van der Waals surface area contributed by atoms with Crippen LogP contribution in [0.4, 0.5) is 5.82 Å². The summed E-state index contributed by atoms with van der Waals surface area (Å²) < 4.78 is 4.75. The van der Waals surface area contributed by atoms with Gasteiger partial charge in [-0.2, -0.15) is 0 Å². The monoisotopic (exact) mass is 309 g/mol. The van der Waals surface area contributed by atoms with Gasteiger partial charge in [-0.3, -0.25) is 4.79 Å². The number of methoxy groups -OCH3 is 1. The average Bonchev–Trinajstić information content (AvgIpc) is 2.74. The fourth-order valence-electron chi connectivity index (χ4n) is 1.95. The Hall–Kier alpha value is -2.22. The van der Waals surface area contributed by atoms with Crippen molar-refractivity contribution in [3.05, 3.63) is 16.3 Å². The van der Waals surface area contributed by atoms with Gasteiger partial charge in [-0.15, -0.1) is 11.3 Å². The maximum atomic E-state index is 11.7. The van der Waals surface area contributed by atoms with Crippen LogP contribution in [0.2, 0.25) is 0 Å². The van der Waals surface area contributed by atoms with Crippen molar-refractivity contribution < 1.29 is 19.4 Å². The van der Waals surface area contributed by atoms with Crippen LogP contribution in [0.3, 0.4) is 0 Å². The van der Waals surface area contributed by atoms with Gasteiger partial charge in [0, 0.05) is 6.54 Å². The summed E-state index contributed by atoms with van der Waals surface area (Å²) in [6, 6.07) is 0. The number of carbonyl (C=O) groups excluding carboxylic acids is 1. The molecule has 0 aromatic carbocycles. The van der Waals surface area contributed by atoms with E-state index in [9.17, 15) is 9.59 Å². The van der Waals surface area contributed by atoms with Gasteiger partial charge in [0.2, 0.25) is 0 Å². The van der Waals surface area contributed by atoms with Crippen molar-refractivity contribution in [3.8, 4) is 0 Å². The third kappa shape index (κ3) is 3.10. The molecule has 0 aliphatic carbocycles. The van der Waals surface area contributed by atoms with Crippen LogP contribution in [-0.2, 0) is 9.53 Å². The van der Waals surface area contributed by atoms with Gasteiger partial charge < -0.3 is 15.2 Å². The molecule has 0 spiro atoms. The van der Waals surface area contributed by atoms with E-state index < -0.39 is 11.9 Å².